The number of carbonyl (C=O) groups excluding carboxylic acids is 1. The molecule has 7 heteroatoms. The van der Waals surface area contributed by atoms with E-state index in [1.165, 1.54) is 26.3 Å². The zero-order chi connectivity index (χ0) is 19.5. The van der Waals surface area contributed by atoms with Crippen molar-refractivity contribution in [1.29, 1.82) is 0 Å². The van der Waals surface area contributed by atoms with E-state index < -0.39 is 10.0 Å². The van der Waals surface area contributed by atoms with Crippen molar-refractivity contribution in [3.8, 4) is 5.75 Å². The summed E-state index contributed by atoms with van der Waals surface area (Å²) in [7, 11) is -0.869. The third-order valence-corrected chi connectivity index (χ3v) is 5.89. The first-order valence-electron chi connectivity index (χ1n) is 8.13. The summed E-state index contributed by atoms with van der Waals surface area (Å²) in [4.78, 5) is 12.5. The van der Waals surface area contributed by atoms with Crippen molar-refractivity contribution in [2.24, 2.45) is 0 Å². The number of amides is 1. The number of anilines is 1. The summed E-state index contributed by atoms with van der Waals surface area (Å²) in [5, 5.41) is 2.81. The Morgan fingerprint density at radius 3 is 2.12 bits per heavy atom. The number of ether oxygens (including phenoxy) is 1. The Morgan fingerprint density at radius 1 is 1.08 bits per heavy atom. The number of nitrogens with zero attached hydrogens (tertiary/aromatic N) is 1. The van der Waals surface area contributed by atoms with Gasteiger partial charge in [0.25, 0.3) is 0 Å². The second kappa shape index (κ2) is 7.88. The third kappa shape index (κ3) is 4.42. The number of aryl methyl sites for hydroxylation is 3. The number of hydrogen-bond acceptors (Lipinski definition) is 4. The molecule has 1 N–H and O–H groups in total. The van der Waals surface area contributed by atoms with Crippen molar-refractivity contribution < 1.29 is 17.9 Å². The van der Waals surface area contributed by atoms with Crippen LogP contribution in [0.4, 0.5) is 5.69 Å². The molecule has 0 bridgehead atoms. The van der Waals surface area contributed by atoms with Gasteiger partial charge in [-0.25, -0.2) is 8.42 Å². The lowest BCUT2D eigenvalue weighted by Crippen LogP contribution is -2.35. The van der Waals surface area contributed by atoms with Gasteiger partial charge in [-0.1, -0.05) is 17.7 Å². The summed E-state index contributed by atoms with van der Waals surface area (Å²) in [6.07, 6.45) is 0. The van der Waals surface area contributed by atoms with Crippen molar-refractivity contribution in [3.63, 3.8) is 0 Å². The summed E-state index contributed by atoms with van der Waals surface area (Å²) in [5.74, 6) is 0.175. The van der Waals surface area contributed by atoms with Gasteiger partial charge in [0.2, 0.25) is 15.9 Å². The molecule has 2 aromatic rings. The van der Waals surface area contributed by atoms with Gasteiger partial charge in [-0.15, -0.1) is 0 Å². The van der Waals surface area contributed by atoms with Gasteiger partial charge in [-0.2, -0.15) is 4.31 Å². The summed E-state index contributed by atoms with van der Waals surface area (Å²) >= 11 is 0. The first-order chi connectivity index (χ1) is 12.1. The Hall–Kier alpha value is -2.38. The van der Waals surface area contributed by atoms with E-state index in [4.69, 9.17) is 4.74 Å². The molecule has 0 atom stereocenters. The lowest BCUT2D eigenvalue weighted by Gasteiger charge is -2.18. The SMILES string of the molecule is COc1ccc(S(=O)(=O)N(C)CC(=O)Nc2c(C)cc(C)cc2C)cc1. The molecule has 0 aliphatic heterocycles. The van der Waals surface area contributed by atoms with Crippen LogP contribution in [0.2, 0.25) is 0 Å². The zero-order valence-corrected chi connectivity index (χ0v) is 16.5. The van der Waals surface area contributed by atoms with Gasteiger partial charge in [0.1, 0.15) is 5.75 Å². The maximum atomic E-state index is 12.6. The quantitative estimate of drug-likeness (QED) is 0.841. The van der Waals surface area contributed by atoms with Crippen molar-refractivity contribution in [3.05, 3.63) is 53.1 Å². The molecular formula is C19H24N2O4S. The Labute approximate surface area is 154 Å². The minimum atomic E-state index is -3.76. The Morgan fingerprint density at radius 2 is 1.62 bits per heavy atom. The van der Waals surface area contributed by atoms with Crippen molar-refractivity contribution >= 4 is 21.6 Å². The monoisotopic (exact) mass is 376 g/mol. The molecule has 0 aliphatic carbocycles. The molecule has 0 unspecified atom stereocenters. The van der Waals surface area contributed by atoms with Crippen LogP contribution in [-0.4, -0.2) is 39.3 Å². The fourth-order valence-corrected chi connectivity index (χ4v) is 3.90. The maximum Gasteiger partial charge on any atom is 0.243 e. The third-order valence-electron chi connectivity index (χ3n) is 4.08. The first-order valence-corrected chi connectivity index (χ1v) is 9.57. The Kier molecular flexibility index (Phi) is 6.05. The van der Waals surface area contributed by atoms with Crippen molar-refractivity contribution in [2.45, 2.75) is 25.7 Å². The van der Waals surface area contributed by atoms with E-state index in [2.05, 4.69) is 5.32 Å². The molecule has 0 saturated carbocycles. The highest BCUT2D eigenvalue weighted by atomic mass is 32.2. The van der Waals surface area contributed by atoms with E-state index in [1.807, 2.05) is 32.9 Å². The standard InChI is InChI=1S/C19H24N2O4S/c1-13-10-14(2)19(15(3)11-13)20-18(22)12-21(4)26(23,24)17-8-6-16(25-5)7-9-17/h6-11H,12H2,1-5H3,(H,20,22). The van der Waals surface area contributed by atoms with E-state index in [1.54, 1.807) is 12.1 Å². The van der Waals surface area contributed by atoms with E-state index in [-0.39, 0.29) is 17.3 Å². The van der Waals surface area contributed by atoms with Crippen LogP contribution in [0.5, 0.6) is 5.75 Å². The fraction of sp³-hybridized carbons (Fsp3) is 0.316. The lowest BCUT2D eigenvalue weighted by atomic mass is 10.1. The van der Waals surface area contributed by atoms with Crippen LogP contribution in [0, 0.1) is 20.8 Å². The predicted octanol–water partition coefficient (Wildman–Crippen LogP) is 2.88. The molecule has 26 heavy (non-hydrogen) atoms. The number of nitrogens with one attached hydrogen (secondary N) is 1. The molecule has 6 nitrogen and oxygen atoms in total. The predicted molar refractivity (Wildman–Crippen MR) is 102 cm³/mol. The number of methoxy groups -OCH3 is 1. The highest BCUT2D eigenvalue weighted by Crippen LogP contribution is 2.22. The minimum absolute atomic E-state index is 0.108. The number of carbonyl (C=O) groups is 1. The van der Waals surface area contributed by atoms with Gasteiger partial charge in [0.05, 0.1) is 18.6 Å². The second-order valence-corrected chi connectivity index (χ2v) is 8.30. The lowest BCUT2D eigenvalue weighted by molar-refractivity contribution is -0.116. The first kappa shape index (κ1) is 19.9. The highest BCUT2D eigenvalue weighted by molar-refractivity contribution is 7.89. The molecule has 0 heterocycles. The smallest absolute Gasteiger partial charge is 0.243 e. The average Bonchev–Trinajstić information content (AvgIpc) is 2.58. The van der Waals surface area contributed by atoms with Crippen molar-refractivity contribution in [1.82, 2.24) is 4.31 Å². The van der Waals surface area contributed by atoms with Gasteiger partial charge in [-0.3, -0.25) is 4.79 Å². The second-order valence-electron chi connectivity index (χ2n) is 6.26. The molecule has 0 saturated heterocycles. The molecule has 2 rings (SSSR count). The topological polar surface area (TPSA) is 75.7 Å². The Balaban J connectivity index is 2.13. The summed E-state index contributed by atoms with van der Waals surface area (Å²) in [6.45, 7) is 5.53. The van der Waals surface area contributed by atoms with E-state index in [0.717, 1.165) is 26.7 Å². The van der Waals surface area contributed by atoms with Crippen LogP contribution in [0.3, 0.4) is 0 Å². The maximum absolute atomic E-state index is 12.6. The van der Waals surface area contributed by atoms with Gasteiger partial charge in [0.15, 0.2) is 0 Å². The number of benzene rings is 2. The molecule has 140 valence electrons. The number of hydrogen-bond donors (Lipinski definition) is 1. The molecule has 2 aromatic carbocycles. The van der Waals surface area contributed by atoms with Crippen LogP contribution in [0.1, 0.15) is 16.7 Å². The van der Waals surface area contributed by atoms with Crippen LogP contribution in [0.25, 0.3) is 0 Å². The molecular weight excluding hydrogens is 352 g/mol. The molecule has 0 radical (unpaired) electrons. The van der Waals surface area contributed by atoms with Gasteiger partial charge >= 0.3 is 0 Å². The van der Waals surface area contributed by atoms with Crippen LogP contribution in [-0.2, 0) is 14.8 Å². The van der Waals surface area contributed by atoms with Crippen LogP contribution in [0.15, 0.2) is 41.3 Å². The minimum Gasteiger partial charge on any atom is -0.497 e. The largest absolute Gasteiger partial charge is 0.497 e. The van der Waals surface area contributed by atoms with E-state index in [9.17, 15) is 13.2 Å². The molecule has 1 amide bonds. The normalized spacial score (nSPS) is 11.5. The summed E-state index contributed by atoms with van der Waals surface area (Å²) < 4.78 is 31.3. The Bertz CT molecular complexity index is 883. The number of sulfonamides is 1. The zero-order valence-electron chi connectivity index (χ0n) is 15.7. The summed E-state index contributed by atoms with van der Waals surface area (Å²) in [6, 6.07) is 9.99. The average molecular weight is 376 g/mol. The molecule has 0 spiro atoms. The van der Waals surface area contributed by atoms with E-state index >= 15 is 0 Å². The van der Waals surface area contributed by atoms with Gasteiger partial charge in [-0.05, 0) is 56.2 Å². The van der Waals surface area contributed by atoms with Crippen LogP contribution >= 0.6 is 0 Å². The summed E-state index contributed by atoms with van der Waals surface area (Å²) in [5.41, 5.74) is 3.71. The number of likely N-dealkylation sites (N-methyl/N-ethyl adjacent to an activating group) is 1. The molecule has 0 aliphatic rings. The van der Waals surface area contributed by atoms with E-state index in [0.29, 0.717) is 5.75 Å². The molecule has 0 aromatic heterocycles. The number of rotatable bonds is 6. The van der Waals surface area contributed by atoms with Gasteiger partial charge < -0.3 is 10.1 Å². The van der Waals surface area contributed by atoms with Crippen molar-refractivity contribution in [2.75, 3.05) is 26.0 Å². The van der Waals surface area contributed by atoms with Crippen LogP contribution < -0.4 is 10.1 Å². The van der Waals surface area contributed by atoms with Gasteiger partial charge in [0, 0.05) is 12.7 Å². The highest BCUT2D eigenvalue weighted by Gasteiger charge is 2.23. The molecule has 0 fully saturated rings. The fourth-order valence-electron chi connectivity index (χ4n) is 2.77.